The number of carbonyl (C=O) groups is 2. The van der Waals surface area contributed by atoms with Crippen molar-refractivity contribution in [2.24, 2.45) is 0 Å². The van der Waals surface area contributed by atoms with E-state index in [4.69, 9.17) is 14.2 Å². The van der Waals surface area contributed by atoms with Crippen molar-refractivity contribution < 1.29 is 28.7 Å². The van der Waals surface area contributed by atoms with Gasteiger partial charge in [0.2, 0.25) is 0 Å². The maximum absolute atomic E-state index is 12.2. The second-order valence-corrected chi connectivity index (χ2v) is 5.85. The number of methoxy groups -OCH3 is 2. The van der Waals surface area contributed by atoms with Crippen LogP contribution < -0.4 is 9.47 Å². The zero-order valence-corrected chi connectivity index (χ0v) is 15.4. The molecule has 9 heteroatoms. The molecule has 2 rings (SSSR count). The fourth-order valence-corrected chi connectivity index (χ4v) is 2.71. The SMILES string of the molecule is COc1cc(C(=O)OCC(=O)c2ccc([N+](=O)[O-])cc2)cc(Br)c1OC. The van der Waals surface area contributed by atoms with Gasteiger partial charge in [-0.1, -0.05) is 0 Å². The van der Waals surface area contributed by atoms with E-state index in [2.05, 4.69) is 15.9 Å². The Hall–Kier alpha value is -2.94. The van der Waals surface area contributed by atoms with Gasteiger partial charge < -0.3 is 14.2 Å². The zero-order valence-electron chi connectivity index (χ0n) is 13.9. The Morgan fingerprint density at radius 3 is 2.27 bits per heavy atom. The van der Waals surface area contributed by atoms with Gasteiger partial charge in [-0.25, -0.2) is 4.79 Å². The van der Waals surface area contributed by atoms with Gasteiger partial charge in [0, 0.05) is 17.7 Å². The molecule has 2 aromatic carbocycles. The first-order chi connectivity index (χ1) is 12.4. The molecule has 0 aliphatic heterocycles. The Bertz CT molecular complexity index is 849. The molecule has 8 nitrogen and oxygen atoms in total. The van der Waals surface area contributed by atoms with Gasteiger partial charge in [-0.3, -0.25) is 14.9 Å². The van der Waals surface area contributed by atoms with Gasteiger partial charge in [0.1, 0.15) is 0 Å². The van der Waals surface area contributed by atoms with Gasteiger partial charge in [0.25, 0.3) is 5.69 Å². The van der Waals surface area contributed by atoms with Gasteiger partial charge in [-0.15, -0.1) is 0 Å². The minimum Gasteiger partial charge on any atom is -0.493 e. The minimum absolute atomic E-state index is 0.131. The Labute approximate surface area is 156 Å². The standard InChI is InChI=1S/C17H14BrNO7/c1-24-15-8-11(7-13(18)16(15)25-2)17(21)26-9-14(20)10-3-5-12(6-4-10)19(22)23/h3-8H,9H2,1-2H3. The molecule has 0 aliphatic carbocycles. The maximum Gasteiger partial charge on any atom is 0.338 e. The summed E-state index contributed by atoms with van der Waals surface area (Å²) in [5.41, 5.74) is 0.247. The highest BCUT2D eigenvalue weighted by Crippen LogP contribution is 2.36. The van der Waals surface area contributed by atoms with Crippen molar-refractivity contribution in [3.05, 3.63) is 62.1 Å². The lowest BCUT2D eigenvalue weighted by molar-refractivity contribution is -0.384. The third-order valence-corrected chi connectivity index (χ3v) is 3.99. The van der Waals surface area contributed by atoms with Crippen LogP contribution in [-0.2, 0) is 4.74 Å². The summed E-state index contributed by atoms with van der Waals surface area (Å²) in [6.07, 6.45) is 0. The van der Waals surface area contributed by atoms with E-state index in [1.165, 1.54) is 50.6 Å². The third-order valence-electron chi connectivity index (χ3n) is 3.40. The number of carbonyl (C=O) groups excluding carboxylic acids is 2. The molecule has 0 saturated carbocycles. The molecule has 0 N–H and O–H groups in total. The normalized spacial score (nSPS) is 10.1. The molecule has 0 saturated heterocycles. The number of hydrogen-bond donors (Lipinski definition) is 0. The molecular formula is C17H14BrNO7. The summed E-state index contributed by atoms with van der Waals surface area (Å²) in [5, 5.41) is 10.6. The van der Waals surface area contributed by atoms with E-state index >= 15 is 0 Å². The van der Waals surface area contributed by atoms with E-state index in [0.29, 0.717) is 16.0 Å². The highest BCUT2D eigenvalue weighted by atomic mass is 79.9. The number of non-ortho nitro benzene ring substituents is 1. The van der Waals surface area contributed by atoms with Crippen LogP contribution in [0.1, 0.15) is 20.7 Å². The Morgan fingerprint density at radius 2 is 1.73 bits per heavy atom. The lowest BCUT2D eigenvalue weighted by Crippen LogP contribution is -2.14. The Kier molecular flexibility index (Phi) is 6.29. The van der Waals surface area contributed by atoms with Crippen molar-refractivity contribution in [1.29, 1.82) is 0 Å². The first kappa shape index (κ1) is 19.4. The number of benzene rings is 2. The number of ketones is 1. The van der Waals surface area contributed by atoms with Gasteiger partial charge in [-0.2, -0.15) is 0 Å². The van der Waals surface area contributed by atoms with Crippen molar-refractivity contribution in [1.82, 2.24) is 0 Å². The summed E-state index contributed by atoms with van der Waals surface area (Å²) in [6.45, 7) is -0.497. The van der Waals surface area contributed by atoms with E-state index < -0.39 is 23.3 Å². The Morgan fingerprint density at radius 1 is 1.08 bits per heavy atom. The van der Waals surface area contributed by atoms with Crippen LogP contribution in [0.3, 0.4) is 0 Å². The molecule has 2 aromatic rings. The van der Waals surface area contributed by atoms with Crippen LogP contribution in [-0.4, -0.2) is 37.5 Å². The topological polar surface area (TPSA) is 105 Å². The van der Waals surface area contributed by atoms with E-state index in [9.17, 15) is 19.7 Å². The summed E-state index contributed by atoms with van der Waals surface area (Å²) in [4.78, 5) is 34.3. The molecule has 0 bridgehead atoms. The smallest absolute Gasteiger partial charge is 0.338 e. The fraction of sp³-hybridized carbons (Fsp3) is 0.176. The number of Topliss-reactive ketones (excluding diaryl/α,β-unsaturated/α-hetero) is 1. The van der Waals surface area contributed by atoms with Crippen molar-refractivity contribution in [2.45, 2.75) is 0 Å². The lowest BCUT2D eigenvalue weighted by atomic mass is 10.1. The lowest BCUT2D eigenvalue weighted by Gasteiger charge is -2.11. The van der Waals surface area contributed by atoms with Crippen LogP contribution >= 0.6 is 15.9 Å². The maximum atomic E-state index is 12.2. The number of nitrogens with zero attached hydrogens (tertiary/aromatic N) is 1. The van der Waals surface area contributed by atoms with E-state index in [-0.39, 0.29) is 16.8 Å². The van der Waals surface area contributed by atoms with Crippen molar-refractivity contribution in [3.63, 3.8) is 0 Å². The van der Waals surface area contributed by atoms with Crippen LogP contribution in [0.2, 0.25) is 0 Å². The van der Waals surface area contributed by atoms with Gasteiger partial charge in [0.15, 0.2) is 23.9 Å². The second kappa shape index (κ2) is 8.43. The molecule has 136 valence electrons. The summed E-state index contributed by atoms with van der Waals surface area (Å²) >= 11 is 3.27. The highest BCUT2D eigenvalue weighted by molar-refractivity contribution is 9.10. The molecule has 0 aromatic heterocycles. The average Bonchev–Trinajstić information content (AvgIpc) is 2.64. The summed E-state index contributed by atoms with van der Waals surface area (Å²) in [6, 6.07) is 7.95. The molecule has 0 radical (unpaired) electrons. The zero-order chi connectivity index (χ0) is 19.3. The van der Waals surface area contributed by atoms with Gasteiger partial charge in [0.05, 0.1) is 29.2 Å². The number of halogens is 1. The van der Waals surface area contributed by atoms with E-state index in [1.807, 2.05) is 0 Å². The van der Waals surface area contributed by atoms with Crippen molar-refractivity contribution in [2.75, 3.05) is 20.8 Å². The molecule has 0 heterocycles. The van der Waals surface area contributed by atoms with Crippen LogP contribution in [0, 0.1) is 10.1 Å². The predicted octanol–water partition coefficient (Wildman–Crippen LogP) is 3.41. The number of esters is 1. The number of nitro groups is 1. The second-order valence-electron chi connectivity index (χ2n) is 5.00. The molecule has 26 heavy (non-hydrogen) atoms. The number of rotatable bonds is 7. The molecule has 0 spiro atoms. The summed E-state index contributed by atoms with van der Waals surface area (Å²) < 4.78 is 15.8. The number of ether oxygens (including phenoxy) is 3. The van der Waals surface area contributed by atoms with Gasteiger partial charge >= 0.3 is 5.97 Å². The molecule has 0 atom stereocenters. The first-order valence-corrected chi connectivity index (χ1v) is 8.03. The quantitative estimate of drug-likeness (QED) is 0.290. The average molecular weight is 424 g/mol. The molecular weight excluding hydrogens is 410 g/mol. The highest BCUT2D eigenvalue weighted by Gasteiger charge is 2.17. The van der Waals surface area contributed by atoms with E-state index in [1.54, 1.807) is 0 Å². The largest absolute Gasteiger partial charge is 0.493 e. The fourth-order valence-electron chi connectivity index (χ4n) is 2.10. The Balaban J connectivity index is 2.07. The monoisotopic (exact) mass is 423 g/mol. The van der Waals surface area contributed by atoms with Crippen LogP contribution in [0.15, 0.2) is 40.9 Å². The summed E-state index contributed by atoms with van der Waals surface area (Å²) in [5.74, 6) is -0.448. The van der Waals surface area contributed by atoms with Crippen LogP contribution in [0.5, 0.6) is 11.5 Å². The molecule has 0 fully saturated rings. The molecule has 0 unspecified atom stereocenters. The number of hydrogen-bond acceptors (Lipinski definition) is 7. The third kappa shape index (κ3) is 4.37. The van der Waals surface area contributed by atoms with Crippen molar-refractivity contribution >= 4 is 33.4 Å². The minimum atomic E-state index is -0.720. The van der Waals surface area contributed by atoms with Gasteiger partial charge in [-0.05, 0) is 40.2 Å². The number of nitro benzene ring substituents is 1. The van der Waals surface area contributed by atoms with E-state index in [0.717, 1.165) is 0 Å². The predicted molar refractivity (Wildman–Crippen MR) is 95.0 cm³/mol. The first-order valence-electron chi connectivity index (χ1n) is 7.23. The summed E-state index contributed by atoms with van der Waals surface area (Å²) in [7, 11) is 2.89. The molecule has 0 aliphatic rings. The van der Waals surface area contributed by atoms with Crippen molar-refractivity contribution in [3.8, 4) is 11.5 Å². The molecule has 0 amide bonds. The van der Waals surface area contributed by atoms with Crippen LogP contribution in [0.4, 0.5) is 5.69 Å². The van der Waals surface area contributed by atoms with Crippen LogP contribution in [0.25, 0.3) is 0 Å².